The van der Waals surface area contributed by atoms with Crippen molar-refractivity contribution in [3.8, 4) is 0 Å². The van der Waals surface area contributed by atoms with E-state index in [2.05, 4.69) is 0 Å². The maximum absolute atomic E-state index is 12.5. The molecule has 0 aliphatic carbocycles. The van der Waals surface area contributed by atoms with E-state index in [4.69, 9.17) is 21.4 Å². The van der Waals surface area contributed by atoms with Crippen LogP contribution in [0.3, 0.4) is 0 Å². The Kier molecular flexibility index (Phi) is 4.88. The van der Waals surface area contributed by atoms with Gasteiger partial charge in [-0.2, -0.15) is 0 Å². The molecule has 0 unspecified atom stereocenters. The Balaban J connectivity index is 2.64. The fourth-order valence-corrected chi connectivity index (χ4v) is 6.70. The van der Waals surface area contributed by atoms with Crippen LogP contribution in [0.1, 0.15) is 5.56 Å². The van der Waals surface area contributed by atoms with Crippen LogP contribution in [0.4, 0.5) is 0 Å². The molecule has 0 aliphatic rings. The molecule has 1 aromatic heterocycles. The largest absolute Gasteiger partial charge is 0.270 e. The molecule has 0 saturated heterocycles. The molecular formula is C11H8Cl2O6S4. The normalized spacial score (nSPS) is 13.2. The van der Waals surface area contributed by atoms with Crippen LogP contribution in [-0.2, 0) is 27.9 Å². The summed E-state index contributed by atoms with van der Waals surface area (Å²) < 4.78 is 70.1. The molecule has 0 aliphatic heterocycles. The van der Waals surface area contributed by atoms with Gasteiger partial charge in [0.05, 0.1) is 14.7 Å². The lowest BCUT2D eigenvalue weighted by Gasteiger charge is -2.06. The monoisotopic (exact) mass is 434 g/mol. The highest BCUT2D eigenvalue weighted by atomic mass is 35.7. The van der Waals surface area contributed by atoms with Gasteiger partial charge >= 0.3 is 0 Å². The first kappa shape index (κ1) is 18.7. The van der Waals surface area contributed by atoms with E-state index in [0.29, 0.717) is 11.3 Å². The summed E-state index contributed by atoms with van der Waals surface area (Å²) in [6.07, 6.45) is 0. The Hall–Kier alpha value is -0.650. The van der Waals surface area contributed by atoms with Crippen LogP contribution >= 0.6 is 32.7 Å². The zero-order chi connectivity index (χ0) is 17.6. The summed E-state index contributed by atoms with van der Waals surface area (Å²) in [4.78, 5) is -0.956. The number of thiophene rings is 1. The fourth-order valence-electron chi connectivity index (χ4n) is 1.72. The van der Waals surface area contributed by atoms with Gasteiger partial charge in [-0.1, -0.05) is 6.07 Å². The van der Waals surface area contributed by atoms with Gasteiger partial charge < -0.3 is 0 Å². The third-order valence-corrected chi connectivity index (χ3v) is 9.22. The third kappa shape index (κ3) is 3.89. The van der Waals surface area contributed by atoms with Crippen molar-refractivity contribution in [3.05, 3.63) is 35.2 Å². The van der Waals surface area contributed by atoms with Gasteiger partial charge in [0.1, 0.15) is 4.21 Å². The van der Waals surface area contributed by atoms with Crippen LogP contribution in [0.25, 0.3) is 0 Å². The van der Waals surface area contributed by atoms with Crippen LogP contribution in [0.5, 0.6) is 0 Å². The molecule has 2 aromatic rings. The molecule has 126 valence electrons. The molecule has 0 atom stereocenters. The molecule has 1 heterocycles. The highest BCUT2D eigenvalue weighted by Gasteiger charge is 2.25. The Morgan fingerprint density at radius 1 is 0.870 bits per heavy atom. The summed E-state index contributed by atoms with van der Waals surface area (Å²) >= 11 is 0.648. The maximum Gasteiger partial charge on any atom is 0.270 e. The van der Waals surface area contributed by atoms with Crippen LogP contribution < -0.4 is 0 Å². The number of sulfone groups is 1. The number of hydrogen-bond acceptors (Lipinski definition) is 7. The van der Waals surface area contributed by atoms with Crippen LogP contribution in [-0.4, -0.2) is 25.3 Å². The fraction of sp³-hybridized carbons (Fsp3) is 0.0909. The maximum atomic E-state index is 12.5. The van der Waals surface area contributed by atoms with E-state index in [1.807, 2.05) is 0 Å². The second-order valence-corrected chi connectivity index (χ2v) is 12.6. The summed E-state index contributed by atoms with van der Waals surface area (Å²) in [5.74, 6) is 0. The molecule has 12 heteroatoms. The molecule has 2 rings (SSSR count). The summed E-state index contributed by atoms with van der Waals surface area (Å²) in [6, 6.07) is 4.35. The highest BCUT2D eigenvalue weighted by molar-refractivity contribution is 8.15. The Morgan fingerprint density at radius 2 is 1.48 bits per heavy atom. The van der Waals surface area contributed by atoms with Crippen molar-refractivity contribution in [2.24, 2.45) is 0 Å². The first-order chi connectivity index (χ1) is 10.3. The van der Waals surface area contributed by atoms with Crippen molar-refractivity contribution in [1.82, 2.24) is 0 Å². The number of benzene rings is 1. The summed E-state index contributed by atoms with van der Waals surface area (Å²) in [5, 5.41) is 1.11. The standard InChI is InChI=1S/C11H8Cl2O6S4/c1-7-2-3-8(4-10(7)22(12,16)17)21(14,15)9-5-11(20-6-9)23(13,18)19/h2-6H,1H3. The first-order valence-corrected chi connectivity index (χ1v) is 12.7. The highest BCUT2D eigenvalue weighted by Crippen LogP contribution is 2.31. The van der Waals surface area contributed by atoms with Crippen molar-refractivity contribution in [3.63, 3.8) is 0 Å². The predicted octanol–water partition coefficient (Wildman–Crippen LogP) is 2.74. The second kappa shape index (κ2) is 6.01. The van der Waals surface area contributed by atoms with E-state index in [1.54, 1.807) is 0 Å². The summed E-state index contributed by atoms with van der Waals surface area (Å²) in [5.41, 5.74) is 0.285. The lowest BCUT2D eigenvalue weighted by atomic mass is 10.2. The quantitative estimate of drug-likeness (QED) is 0.685. The molecule has 0 bridgehead atoms. The topological polar surface area (TPSA) is 102 Å². The number of aryl methyl sites for hydroxylation is 1. The Labute approximate surface area is 146 Å². The van der Waals surface area contributed by atoms with Gasteiger partial charge in [-0.05, 0) is 30.7 Å². The Bertz CT molecular complexity index is 1080. The van der Waals surface area contributed by atoms with E-state index >= 15 is 0 Å². The van der Waals surface area contributed by atoms with Gasteiger partial charge in [0, 0.05) is 26.7 Å². The van der Waals surface area contributed by atoms with Crippen molar-refractivity contribution >= 4 is 60.6 Å². The third-order valence-electron chi connectivity index (χ3n) is 2.83. The SMILES string of the molecule is Cc1ccc(S(=O)(=O)c2csc(S(=O)(=O)Cl)c2)cc1S(=O)(=O)Cl. The van der Waals surface area contributed by atoms with E-state index < -0.39 is 27.9 Å². The first-order valence-electron chi connectivity index (χ1n) is 5.67. The minimum Gasteiger partial charge on any atom is -0.218 e. The molecule has 0 spiro atoms. The zero-order valence-corrected chi connectivity index (χ0v) is 16.0. The number of rotatable bonds is 4. The molecule has 23 heavy (non-hydrogen) atoms. The van der Waals surface area contributed by atoms with Gasteiger partial charge in [0.2, 0.25) is 9.84 Å². The van der Waals surface area contributed by atoms with Crippen molar-refractivity contribution in [1.29, 1.82) is 0 Å². The average molecular weight is 435 g/mol. The molecule has 0 N–H and O–H groups in total. The van der Waals surface area contributed by atoms with Crippen LogP contribution in [0, 0.1) is 6.92 Å². The molecule has 1 aromatic carbocycles. The summed E-state index contributed by atoms with van der Waals surface area (Å²) in [6.45, 7) is 1.47. The van der Waals surface area contributed by atoms with Gasteiger partial charge in [-0.25, -0.2) is 25.3 Å². The zero-order valence-electron chi connectivity index (χ0n) is 11.2. The molecule has 0 radical (unpaired) electrons. The van der Waals surface area contributed by atoms with Crippen LogP contribution in [0.15, 0.2) is 48.5 Å². The molecule has 0 amide bonds. The minimum atomic E-state index is -4.12. The van der Waals surface area contributed by atoms with E-state index in [9.17, 15) is 25.3 Å². The van der Waals surface area contributed by atoms with Gasteiger partial charge in [-0.3, -0.25) is 0 Å². The lowest BCUT2D eigenvalue weighted by Crippen LogP contribution is -2.04. The van der Waals surface area contributed by atoms with E-state index in [0.717, 1.165) is 17.5 Å². The van der Waals surface area contributed by atoms with Gasteiger partial charge in [-0.15, -0.1) is 11.3 Å². The van der Waals surface area contributed by atoms with Crippen molar-refractivity contribution in [2.45, 2.75) is 25.8 Å². The Morgan fingerprint density at radius 3 is 1.96 bits per heavy atom. The van der Waals surface area contributed by atoms with Gasteiger partial charge in [0.15, 0.2) is 0 Å². The van der Waals surface area contributed by atoms with Crippen molar-refractivity contribution in [2.75, 3.05) is 0 Å². The van der Waals surface area contributed by atoms with E-state index in [1.165, 1.54) is 19.1 Å². The lowest BCUT2D eigenvalue weighted by molar-refractivity contribution is 0.596. The smallest absolute Gasteiger partial charge is 0.218 e. The van der Waals surface area contributed by atoms with Crippen LogP contribution in [0.2, 0.25) is 0 Å². The number of halogens is 2. The number of hydrogen-bond donors (Lipinski definition) is 0. The van der Waals surface area contributed by atoms with Gasteiger partial charge in [0.25, 0.3) is 18.1 Å². The molecule has 0 fully saturated rings. The molecule has 0 saturated carbocycles. The van der Waals surface area contributed by atoms with E-state index in [-0.39, 0.29) is 24.5 Å². The summed E-state index contributed by atoms with van der Waals surface area (Å²) in [7, 11) is -1.85. The van der Waals surface area contributed by atoms with Crippen molar-refractivity contribution < 1.29 is 25.3 Å². The predicted molar refractivity (Wildman–Crippen MR) is 87.0 cm³/mol. The average Bonchev–Trinajstić information content (AvgIpc) is 2.87. The molecular weight excluding hydrogens is 427 g/mol. The minimum absolute atomic E-state index is 0.285. The molecule has 6 nitrogen and oxygen atoms in total. The second-order valence-electron chi connectivity index (χ2n) is 4.41.